The fourth-order valence-electron chi connectivity index (χ4n) is 2.38. The van der Waals surface area contributed by atoms with Crippen LogP contribution in [0.15, 0.2) is 17.2 Å². The minimum atomic E-state index is -0.307. The van der Waals surface area contributed by atoms with Gasteiger partial charge in [0.1, 0.15) is 11.6 Å². The Bertz CT molecular complexity index is 572. The summed E-state index contributed by atoms with van der Waals surface area (Å²) >= 11 is 5.09. The molecule has 0 fully saturated rings. The Kier molecular flexibility index (Phi) is 4.23. The lowest BCUT2D eigenvalue weighted by Gasteiger charge is -2.10. The maximum Gasteiger partial charge on any atom is 0.187 e. The molecule has 20 heavy (non-hydrogen) atoms. The van der Waals surface area contributed by atoms with E-state index in [1.807, 2.05) is 20.8 Å². The molecule has 1 aromatic rings. The van der Waals surface area contributed by atoms with Gasteiger partial charge in [0, 0.05) is 17.2 Å². The maximum absolute atomic E-state index is 13.8. The van der Waals surface area contributed by atoms with Crippen LogP contribution in [0.1, 0.15) is 44.2 Å². The molecule has 1 aromatic carbocycles. The third-order valence-corrected chi connectivity index (χ3v) is 3.37. The van der Waals surface area contributed by atoms with E-state index in [2.05, 4.69) is 15.8 Å². The highest BCUT2D eigenvalue weighted by molar-refractivity contribution is 7.80. The molecule has 0 bridgehead atoms. The molecule has 0 spiro atoms. The summed E-state index contributed by atoms with van der Waals surface area (Å²) in [4.78, 5) is 0. The molecule has 0 aliphatic heterocycles. The lowest BCUT2D eigenvalue weighted by Crippen LogP contribution is -2.37. The molecular weight excluding hydrogens is 277 g/mol. The first-order chi connectivity index (χ1) is 9.40. The smallest absolute Gasteiger partial charge is 0.187 e. The van der Waals surface area contributed by atoms with Gasteiger partial charge in [0.15, 0.2) is 5.11 Å². The van der Waals surface area contributed by atoms with E-state index in [9.17, 15) is 9.50 Å². The Hall–Kier alpha value is -1.69. The predicted octanol–water partition coefficient (Wildman–Crippen LogP) is 2.62. The molecule has 0 amide bonds. The molecule has 1 atom stereocenters. The summed E-state index contributed by atoms with van der Waals surface area (Å²) in [6.45, 7) is 5.85. The fraction of sp³-hybridized carbons (Fsp3) is 0.429. The minimum absolute atomic E-state index is 0.00993. The van der Waals surface area contributed by atoms with Gasteiger partial charge in [0.25, 0.3) is 0 Å². The number of phenols is 1. The first-order valence-corrected chi connectivity index (χ1v) is 6.95. The largest absolute Gasteiger partial charge is 0.507 e. The maximum atomic E-state index is 13.8. The Balaban J connectivity index is 2.26. The van der Waals surface area contributed by atoms with Crippen molar-refractivity contribution in [2.24, 2.45) is 5.10 Å². The van der Waals surface area contributed by atoms with Gasteiger partial charge in [0.05, 0.1) is 5.71 Å². The highest BCUT2D eigenvalue weighted by Crippen LogP contribution is 2.39. The number of fused-ring (bicyclic) bond motifs is 1. The minimum Gasteiger partial charge on any atom is -0.507 e. The van der Waals surface area contributed by atoms with E-state index in [0.717, 1.165) is 0 Å². The summed E-state index contributed by atoms with van der Waals surface area (Å²) in [5, 5.41) is 17.5. The Labute approximate surface area is 123 Å². The first-order valence-electron chi connectivity index (χ1n) is 6.55. The lowest BCUT2D eigenvalue weighted by molar-refractivity contribution is 0.470. The van der Waals surface area contributed by atoms with Gasteiger partial charge < -0.3 is 10.4 Å². The third-order valence-electron chi connectivity index (χ3n) is 3.16. The molecule has 1 aliphatic carbocycles. The average Bonchev–Trinajstić information content (AvgIpc) is 2.69. The van der Waals surface area contributed by atoms with Crippen molar-refractivity contribution < 1.29 is 9.50 Å². The van der Waals surface area contributed by atoms with Crippen LogP contribution in [0.2, 0.25) is 0 Å². The van der Waals surface area contributed by atoms with Crippen LogP contribution in [0.25, 0.3) is 0 Å². The Morgan fingerprint density at radius 2 is 2.20 bits per heavy atom. The molecule has 6 heteroatoms. The number of nitrogens with zero attached hydrogens (tertiary/aromatic N) is 1. The molecule has 4 nitrogen and oxygen atoms in total. The summed E-state index contributed by atoms with van der Waals surface area (Å²) in [5.41, 5.74) is 4.37. The van der Waals surface area contributed by atoms with Gasteiger partial charge in [-0.3, -0.25) is 5.43 Å². The number of aromatic hydroxyl groups is 1. The van der Waals surface area contributed by atoms with Crippen LogP contribution in [0.5, 0.6) is 5.75 Å². The quantitative estimate of drug-likeness (QED) is 0.580. The van der Waals surface area contributed by atoms with Crippen molar-refractivity contribution in [1.29, 1.82) is 0 Å². The van der Waals surface area contributed by atoms with Crippen LogP contribution in [-0.2, 0) is 0 Å². The number of thiocarbonyl (C=S) groups is 1. The van der Waals surface area contributed by atoms with Gasteiger partial charge in [-0.25, -0.2) is 4.39 Å². The molecule has 0 saturated carbocycles. The summed E-state index contributed by atoms with van der Waals surface area (Å²) in [6, 6.07) is 2.84. The lowest BCUT2D eigenvalue weighted by atomic mass is 10.0. The molecule has 0 heterocycles. The zero-order chi connectivity index (χ0) is 14.9. The van der Waals surface area contributed by atoms with E-state index in [1.54, 1.807) is 0 Å². The highest BCUT2D eigenvalue weighted by atomic mass is 32.1. The summed E-state index contributed by atoms with van der Waals surface area (Å²) in [5.74, 6) is -0.267. The molecule has 2 rings (SSSR count). The number of phenolic OH excluding ortho intramolecular Hbond substituents is 1. The van der Waals surface area contributed by atoms with Crippen molar-refractivity contribution in [1.82, 2.24) is 10.7 Å². The van der Waals surface area contributed by atoms with E-state index in [-0.39, 0.29) is 23.5 Å². The highest BCUT2D eigenvalue weighted by Gasteiger charge is 2.30. The number of hydrogen-bond donors (Lipinski definition) is 3. The van der Waals surface area contributed by atoms with Gasteiger partial charge in [-0.2, -0.15) is 5.10 Å². The van der Waals surface area contributed by atoms with E-state index < -0.39 is 0 Å². The van der Waals surface area contributed by atoms with Crippen LogP contribution in [0, 0.1) is 5.82 Å². The third kappa shape index (κ3) is 2.90. The van der Waals surface area contributed by atoms with Gasteiger partial charge in [0.2, 0.25) is 0 Å². The number of hydrogen-bond acceptors (Lipinski definition) is 3. The van der Waals surface area contributed by atoms with Crippen LogP contribution in [0.4, 0.5) is 4.39 Å². The number of hydrazone groups is 1. The van der Waals surface area contributed by atoms with Gasteiger partial charge >= 0.3 is 0 Å². The molecule has 1 aliphatic rings. The summed E-state index contributed by atoms with van der Waals surface area (Å²) in [6.07, 6.45) is 0.571. The SMILES string of the molecule is CC(C)NC(=S)N/N=C1\C[C@H](C)c2c(F)ccc(O)c21. The van der Waals surface area contributed by atoms with Crippen molar-refractivity contribution in [2.75, 3.05) is 0 Å². The molecular formula is C14H18FN3OS. The van der Waals surface area contributed by atoms with Crippen molar-refractivity contribution in [3.8, 4) is 5.75 Å². The molecule has 0 radical (unpaired) electrons. The molecule has 108 valence electrons. The zero-order valence-electron chi connectivity index (χ0n) is 11.7. The standard InChI is InChI=1S/C14H18FN3OS/c1-7(2)16-14(20)18-17-10-6-8(3)12-9(15)4-5-11(19)13(10)12/h4-5,7-8,19H,6H2,1-3H3,(H2,16,18,20)/b17-10+/t8-/m0/s1. The van der Waals surface area contributed by atoms with Crippen molar-refractivity contribution >= 4 is 23.0 Å². The van der Waals surface area contributed by atoms with Gasteiger partial charge in [-0.1, -0.05) is 6.92 Å². The molecule has 0 saturated heterocycles. The Morgan fingerprint density at radius 1 is 1.50 bits per heavy atom. The first kappa shape index (κ1) is 14.7. The van der Waals surface area contributed by atoms with Crippen LogP contribution in [0.3, 0.4) is 0 Å². The van der Waals surface area contributed by atoms with Gasteiger partial charge in [-0.05, 0) is 50.5 Å². The number of rotatable bonds is 2. The number of benzene rings is 1. The van der Waals surface area contributed by atoms with E-state index in [0.29, 0.717) is 28.4 Å². The summed E-state index contributed by atoms with van der Waals surface area (Å²) in [7, 11) is 0. The van der Waals surface area contributed by atoms with E-state index >= 15 is 0 Å². The zero-order valence-corrected chi connectivity index (χ0v) is 12.5. The second kappa shape index (κ2) is 5.75. The predicted molar refractivity (Wildman–Crippen MR) is 81.6 cm³/mol. The molecule has 0 unspecified atom stereocenters. The van der Waals surface area contributed by atoms with Crippen molar-refractivity contribution in [2.45, 2.75) is 39.2 Å². The van der Waals surface area contributed by atoms with Crippen molar-refractivity contribution in [3.05, 3.63) is 29.1 Å². The normalized spacial score (nSPS) is 19.2. The topological polar surface area (TPSA) is 56.7 Å². The number of nitrogens with one attached hydrogen (secondary N) is 2. The molecule has 3 N–H and O–H groups in total. The Morgan fingerprint density at radius 3 is 2.85 bits per heavy atom. The average molecular weight is 295 g/mol. The second-order valence-corrected chi connectivity index (χ2v) is 5.67. The van der Waals surface area contributed by atoms with Crippen LogP contribution in [-0.4, -0.2) is 22.0 Å². The monoisotopic (exact) mass is 295 g/mol. The summed E-state index contributed by atoms with van der Waals surface area (Å²) < 4.78 is 13.8. The number of halogens is 1. The van der Waals surface area contributed by atoms with Gasteiger partial charge in [-0.15, -0.1) is 0 Å². The van der Waals surface area contributed by atoms with Crippen LogP contribution < -0.4 is 10.7 Å². The molecule has 0 aromatic heterocycles. The fourth-order valence-corrected chi connectivity index (χ4v) is 2.66. The second-order valence-electron chi connectivity index (χ2n) is 5.26. The van der Waals surface area contributed by atoms with Crippen LogP contribution >= 0.6 is 12.2 Å². The van der Waals surface area contributed by atoms with E-state index in [4.69, 9.17) is 12.2 Å². The van der Waals surface area contributed by atoms with E-state index in [1.165, 1.54) is 12.1 Å². The van der Waals surface area contributed by atoms with Crippen molar-refractivity contribution in [3.63, 3.8) is 0 Å².